The summed E-state index contributed by atoms with van der Waals surface area (Å²) in [5.41, 5.74) is 1.89. The van der Waals surface area contributed by atoms with Crippen LogP contribution in [0.5, 0.6) is 11.5 Å². The number of nitrogens with one attached hydrogen (secondary N) is 1. The minimum absolute atomic E-state index is 0.0560. The Morgan fingerprint density at radius 2 is 2.05 bits per heavy atom. The van der Waals surface area contributed by atoms with E-state index in [2.05, 4.69) is 22.2 Å². The average Bonchev–Trinajstić information content (AvgIpc) is 2.56. The van der Waals surface area contributed by atoms with Crippen LogP contribution in [0, 0.1) is 0 Å². The zero-order valence-corrected chi connectivity index (χ0v) is 12.7. The Kier molecular flexibility index (Phi) is 5.51. The molecule has 21 heavy (non-hydrogen) atoms. The van der Waals surface area contributed by atoms with Crippen molar-refractivity contribution < 1.29 is 9.47 Å². The van der Waals surface area contributed by atoms with Crippen LogP contribution in [0.3, 0.4) is 0 Å². The molecule has 5 nitrogen and oxygen atoms in total. The summed E-state index contributed by atoms with van der Waals surface area (Å²) in [4.78, 5) is 8.57. The Morgan fingerprint density at radius 1 is 1.19 bits per heavy atom. The molecule has 0 radical (unpaired) electrons. The molecule has 0 saturated heterocycles. The van der Waals surface area contributed by atoms with E-state index in [1.807, 2.05) is 18.2 Å². The fourth-order valence-electron chi connectivity index (χ4n) is 2.18. The molecule has 1 atom stereocenters. The van der Waals surface area contributed by atoms with Crippen LogP contribution >= 0.6 is 0 Å². The molecule has 0 saturated carbocycles. The van der Waals surface area contributed by atoms with Crippen LogP contribution in [-0.2, 0) is 0 Å². The maximum absolute atomic E-state index is 5.50. The number of aromatic nitrogens is 2. The predicted octanol–water partition coefficient (Wildman–Crippen LogP) is 2.58. The van der Waals surface area contributed by atoms with Crippen molar-refractivity contribution in [2.45, 2.75) is 19.4 Å². The molecule has 2 rings (SSSR count). The Labute approximate surface area is 125 Å². The molecule has 1 unspecified atom stereocenters. The van der Waals surface area contributed by atoms with E-state index >= 15 is 0 Å². The van der Waals surface area contributed by atoms with Crippen LogP contribution in [0.4, 0.5) is 0 Å². The van der Waals surface area contributed by atoms with E-state index in [9.17, 15) is 0 Å². The standard InChI is InChI=1S/C16H21N3O2/c1-4-7-19-16(14-11-17-8-9-18-14)13-6-5-12(20-2)10-15(13)21-3/h5-6,8-11,16,19H,4,7H2,1-3H3. The predicted molar refractivity (Wildman–Crippen MR) is 81.7 cm³/mol. The van der Waals surface area contributed by atoms with Crippen LogP contribution < -0.4 is 14.8 Å². The van der Waals surface area contributed by atoms with Gasteiger partial charge in [0.15, 0.2) is 0 Å². The Balaban J connectivity index is 2.41. The lowest BCUT2D eigenvalue weighted by molar-refractivity contribution is 0.387. The molecule has 1 heterocycles. The summed E-state index contributed by atoms with van der Waals surface area (Å²) < 4.78 is 10.8. The maximum atomic E-state index is 5.50. The topological polar surface area (TPSA) is 56.3 Å². The van der Waals surface area contributed by atoms with Crippen molar-refractivity contribution in [3.8, 4) is 11.5 Å². The fourth-order valence-corrected chi connectivity index (χ4v) is 2.18. The molecule has 5 heteroatoms. The van der Waals surface area contributed by atoms with Gasteiger partial charge >= 0.3 is 0 Å². The Hall–Kier alpha value is -2.14. The second-order valence-corrected chi connectivity index (χ2v) is 4.63. The quantitative estimate of drug-likeness (QED) is 0.848. The third kappa shape index (κ3) is 3.70. The second-order valence-electron chi connectivity index (χ2n) is 4.63. The van der Waals surface area contributed by atoms with Gasteiger partial charge in [0.25, 0.3) is 0 Å². The van der Waals surface area contributed by atoms with E-state index < -0.39 is 0 Å². The minimum atomic E-state index is -0.0560. The average molecular weight is 287 g/mol. The molecule has 0 aliphatic rings. The highest BCUT2D eigenvalue weighted by atomic mass is 16.5. The summed E-state index contributed by atoms with van der Waals surface area (Å²) in [6.07, 6.45) is 6.18. The molecule has 1 N–H and O–H groups in total. The Bertz CT molecular complexity index is 561. The molecule has 0 fully saturated rings. The number of hydrogen-bond donors (Lipinski definition) is 1. The van der Waals surface area contributed by atoms with Crippen molar-refractivity contribution in [2.75, 3.05) is 20.8 Å². The van der Waals surface area contributed by atoms with Gasteiger partial charge in [-0.15, -0.1) is 0 Å². The van der Waals surface area contributed by atoms with E-state index in [-0.39, 0.29) is 6.04 Å². The molecular weight excluding hydrogens is 266 g/mol. The van der Waals surface area contributed by atoms with Gasteiger partial charge in [-0.1, -0.05) is 6.92 Å². The van der Waals surface area contributed by atoms with Gasteiger partial charge in [0.2, 0.25) is 0 Å². The lowest BCUT2D eigenvalue weighted by atomic mass is 10.0. The maximum Gasteiger partial charge on any atom is 0.127 e. The molecule has 1 aromatic carbocycles. The molecule has 0 aliphatic heterocycles. The monoisotopic (exact) mass is 287 g/mol. The zero-order chi connectivity index (χ0) is 15.1. The van der Waals surface area contributed by atoms with Gasteiger partial charge in [-0.25, -0.2) is 0 Å². The lowest BCUT2D eigenvalue weighted by Gasteiger charge is -2.21. The van der Waals surface area contributed by atoms with Gasteiger partial charge < -0.3 is 14.8 Å². The summed E-state index contributed by atoms with van der Waals surface area (Å²) in [6, 6.07) is 5.75. The van der Waals surface area contributed by atoms with Gasteiger partial charge in [0.1, 0.15) is 11.5 Å². The van der Waals surface area contributed by atoms with Crippen LogP contribution in [0.15, 0.2) is 36.8 Å². The number of benzene rings is 1. The first-order valence-corrected chi connectivity index (χ1v) is 7.01. The fraction of sp³-hybridized carbons (Fsp3) is 0.375. The number of hydrogen-bond acceptors (Lipinski definition) is 5. The normalized spacial score (nSPS) is 12.0. The van der Waals surface area contributed by atoms with Gasteiger partial charge in [-0.05, 0) is 25.1 Å². The summed E-state index contributed by atoms with van der Waals surface area (Å²) in [5.74, 6) is 1.54. The van der Waals surface area contributed by atoms with E-state index in [0.717, 1.165) is 35.7 Å². The van der Waals surface area contributed by atoms with E-state index in [0.29, 0.717) is 0 Å². The second kappa shape index (κ2) is 7.59. The summed E-state index contributed by atoms with van der Waals surface area (Å²) in [6.45, 7) is 3.02. The number of methoxy groups -OCH3 is 2. The van der Waals surface area contributed by atoms with E-state index in [1.54, 1.807) is 32.8 Å². The van der Waals surface area contributed by atoms with Crippen molar-refractivity contribution in [1.82, 2.24) is 15.3 Å². The third-order valence-electron chi connectivity index (χ3n) is 3.23. The highest BCUT2D eigenvalue weighted by molar-refractivity contribution is 5.44. The van der Waals surface area contributed by atoms with Crippen molar-refractivity contribution in [3.05, 3.63) is 48.0 Å². The molecule has 112 valence electrons. The molecule has 0 bridgehead atoms. The van der Waals surface area contributed by atoms with Gasteiger partial charge in [0, 0.05) is 24.0 Å². The molecule has 1 aromatic heterocycles. The van der Waals surface area contributed by atoms with Gasteiger partial charge in [0.05, 0.1) is 32.2 Å². The number of ether oxygens (including phenoxy) is 2. The summed E-state index contributed by atoms with van der Waals surface area (Å²) in [5, 5.41) is 3.49. The van der Waals surface area contributed by atoms with Gasteiger partial charge in [-0.3, -0.25) is 9.97 Å². The third-order valence-corrected chi connectivity index (χ3v) is 3.23. The zero-order valence-electron chi connectivity index (χ0n) is 12.7. The lowest BCUT2D eigenvalue weighted by Crippen LogP contribution is -2.24. The van der Waals surface area contributed by atoms with Crippen molar-refractivity contribution >= 4 is 0 Å². The smallest absolute Gasteiger partial charge is 0.127 e. The molecular formula is C16H21N3O2. The van der Waals surface area contributed by atoms with Crippen LogP contribution in [-0.4, -0.2) is 30.7 Å². The first kappa shape index (κ1) is 15.3. The molecule has 0 amide bonds. The van der Waals surface area contributed by atoms with Crippen molar-refractivity contribution in [2.24, 2.45) is 0 Å². The van der Waals surface area contributed by atoms with E-state index in [4.69, 9.17) is 9.47 Å². The van der Waals surface area contributed by atoms with Crippen LogP contribution in [0.2, 0.25) is 0 Å². The van der Waals surface area contributed by atoms with Gasteiger partial charge in [-0.2, -0.15) is 0 Å². The first-order chi connectivity index (χ1) is 10.3. The van der Waals surface area contributed by atoms with Crippen LogP contribution in [0.1, 0.15) is 30.6 Å². The highest BCUT2D eigenvalue weighted by Crippen LogP contribution is 2.32. The first-order valence-electron chi connectivity index (χ1n) is 7.01. The number of rotatable bonds is 7. The minimum Gasteiger partial charge on any atom is -0.497 e. The highest BCUT2D eigenvalue weighted by Gasteiger charge is 2.19. The SMILES string of the molecule is CCCNC(c1cnccn1)c1ccc(OC)cc1OC. The Morgan fingerprint density at radius 3 is 2.67 bits per heavy atom. The largest absolute Gasteiger partial charge is 0.497 e. The summed E-state index contributed by atoms with van der Waals surface area (Å²) in [7, 11) is 3.30. The van der Waals surface area contributed by atoms with Crippen molar-refractivity contribution in [1.29, 1.82) is 0 Å². The molecule has 0 aliphatic carbocycles. The van der Waals surface area contributed by atoms with Crippen LogP contribution in [0.25, 0.3) is 0 Å². The summed E-state index contributed by atoms with van der Waals surface area (Å²) >= 11 is 0. The molecule has 2 aromatic rings. The molecule has 0 spiro atoms. The number of nitrogens with zero attached hydrogens (tertiary/aromatic N) is 2. The van der Waals surface area contributed by atoms with Crippen molar-refractivity contribution in [3.63, 3.8) is 0 Å². The van der Waals surface area contributed by atoms with E-state index in [1.165, 1.54) is 0 Å².